The number of hydrogen-bond acceptors (Lipinski definition) is 10. The van der Waals surface area contributed by atoms with Crippen molar-refractivity contribution in [3.8, 4) is 11.5 Å². The number of aromatic amines is 1. The largest absolute Gasteiger partial charge is 0.490 e. The van der Waals surface area contributed by atoms with Crippen LogP contribution in [0.3, 0.4) is 0 Å². The van der Waals surface area contributed by atoms with E-state index in [4.69, 9.17) is 9.47 Å². The summed E-state index contributed by atoms with van der Waals surface area (Å²) in [5.41, 5.74) is 1.31. The fraction of sp³-hybridized carbons (Fsp3) is 0.200. The molecule has 0 spiro atoms. The number of non-ortho nitro benzene ring substituents is 1. The first-order chi connectivity index (χ1) is 21.2. The molecule has 4 aromatic rings. The Morgan fingerprint density at radius 3 is 2.45 bits per heavy atom. The second-order valence-electron chi connectivity index (χ2n) is 9.88. The first kappa shape index (κ1) is 29.1. The highest BCUT2D eigenvalue weighted by Gasteiger charge is 2.56. The lowest BCUT2D eigenvalue weighted by Crippen LogP contribution is -2.32. The number of nitro benzene ring substituents is 1. The first-order valence-electron chi connectivity index (χ1n) is 13.5. The van der Waals surface area contributed by atoms with Gasteiger partial charge in [-0.2, -0.15) is 0 Å². The molecule has 2 N–H and O–H groups in total. The Labute approximate surface area is 258 Å². The predicted molar refractivity (Wildman–Crippen MR) is 164 cm³/mol. The van der Waals surface area contributed by atoms with E-state index in [0.717, 1.165) is 28.0 Å². The Morgan fingerprint density at radius 2 is 1.75 bits per heavy atom. The van der Waals surface area contributed by atoms with Crippen molar-refractivity contribution in [2.75, 3.05) is 23.4 Å². The number of nitrogens with zero attached hydrogens (tertiary/aromatic N) is 2. The molecular weight excluding hydrogens is 608 g/mol. The van der Waals surface area contributed by atoms with Crippen LogP contribution in [0.1, 0.15) is 23.3 Å². The lowest BCUT2D eigenvalue weighted by molar-refractivity contribution is -0.384. The van der Waals surface area contributed by atoms with Crippen LogP contribution in [0, 0.1) is 16.0 Å². The van der Waals surface area contributed by atoms with E-state index in [2.05, 4.69) is 10.3 Å². The van der Waals surface area contributed by atoms with Gasteiger partial charge in [-0.3, -0.25) is 29.3 Å². The number of rotatable bonds is 9. The zero-order valence-electron chi connectivity index (χ0n) is 23.1. The number of carbonyl (C=O) groups is 3. The molecule has 3 atom stereocenters. The summed E-state index contributed by atoms with van der Waals surface area (Å²) in [5, 5.41) is 13.5. The van der Waals surface area contributed by atoms with Crippen molar-refractivity contribution in [1.29, 1.82) is 0 Å². The molecule has 0 aliphatic carbocycles. The summed E-state index contributed by atoms with van der Waals surface area (Å²) in [5.74, 6) is -2.21. The summed E-state index contributed by atoms with van der Waals surface area (Å²) in [7, 11) is 0. The lowest BCUT2D eigenvalue weighted by Gasteiger charge is -2.30. The minimum Gasteiger partial charge on any atom is -0.490 e. The van der Waals surface area contributed by atoms with Crippen LogP contribution >= 0.6 is 23.1 Å². The third kappa shape index (κ3) is 5.44. The van der Waals surface area contributed by atoms with Crippen molar-refractivity contribution in [2.45, 2.75) is 23.1 Å². The van der Waals surface area contributed by atoms with Gasteiger partial charge in [0.2, 0.25) is 11.8 Å². The Bertz CT molecular complexity index is 1820. The highest BCUT2D eigenvalue weighted by atomic mass is 32.2. The number of benzene rings is 3. The SMILES string of the molecule is CCOc1cc([C@@H]2c3sc(=O)[nH]c3S[C@H]3C(=O)N(c4ccc([N+](=O)[O-])cc4)C(=O)[C@@H]23)ccc1OCC(=O)Nc1ccccc1. The molecule has 12 nitrogen and oxygen atoms in total. The normalized spacial score (nSPS) is 18.8. The van der Waals surface area contributed by atoms with Gasteiger partial charge in [-0.15, -0.1) is 0 Å². The van der Waals surface area contributed by atoms with Crippen LogP contribution in [0.15, 0.2) is 82.6 Å². The maximum Gasteiger partial charge on any atom is 0.305 e. The molecule has 1 saturated heterocycles. The fourth-order valence-electron chi connectivity index (χ4n) is 5.32. The van der Waals surface area contributed by atoms with Crippen molar-refractivity contribution in [1.82, 2.24) is 4.98 Å². The van der Waals surface area contributed by atoms with Crippen LogP contribution in [-0.2, 0) is 14.4 Å². The highest BCUT2D eigenvalue weighted by molar-refractivity contribution is 8.00. The smallest absolute Gasteiger partial charge is 0.305 e. The van der Waals surface area contributed by atoms with E-state index < -0.39 is 33.8 Å². The summed E-state index contributed by atoms with van der Waals surface area (Å²) in [6.07, 6.45) is 0. The Morgan fingerprint density at radius 1 is 1.00 bits per heavy atom. The average molecular weight is 633 g/mol. The van der Waals surface area contributed by atoms with Crippen molar-refractivity contribution in [3.63, 3.8) is 0 Å². The Balaban J connectivity index is 1.32. The van der Waals surface area contributed by atoms with Crippen molar-refractivity contribution >= 4 is 57.9 Å². The molecule has 1 fully saturated rings. The quantitative estimate of drug-likeness (QED) is 0.153. The average Bonchev–Trinajstić information content (AvgIpc) is 3.51. The third-order valence-electron chi connectivity index (χ3n) is 7.19. The highest BCUT2D eigenvalue weighted by Crippen LogP contribution is 2.53. The van der Waals surface area contributed by atoms with Gasteiger partial charge < -0.3 is 19.8 Å². The molecule has 2 aliphatic heterocycles. The minimum atomic E-state index is -0.862. The Kier molecular flexibility index (Phi) is 7.93. The number of nitrogens with one attached hydrogen (secondary N) is 2. The first-order valence-corrected chi connectivity index (χ1v) is 15.2. The number of thioether (sulfide) groups is 1. The van der Waals surface area contributed by atoms with Gasteiger partial charge in [-0.1, -0.05) is 47.4 Å². The van der Waals surface area contributed by atoms with E-state index in [9.17, 15) is 29.3 Å². The van der Waals surface area contributed by atoms with E-state index in [-0.39, 0.29) is 35.4 Å². The van der Waals surface area contributed by atoms with Crippen molar-refractivity contribution in [3.05, 3.63) is 103 Å². The molecule has 3 aromatic carbocycles. The number of thiazole rings is 1. The predicted octanol–water partition coefficient (Wildman–Crippen LogP) is 4.56. The summed E-state index contributed by atoms with van der Waals surface area (Å²) >= 11 is 2.10. The number of H-pyrrole nitrogens is 1. The lowest BCUT2D eigenvalue weighted by atomic mass is 9.83. The van der Waals surface area contributed by atoms with Crippen LogP contribution in [0.25, 0.3) is 0 Å². The number of ether oxygens (including phenoxy) is 2. The van der Waals surface area contributed by atoms with Gasteiger partial charge in [0.05, 0.1) is 28.2 Å². The number of amides is 3. The van der Waals surface area contributed by atoms with Crippen LogP contribution in [0.4, 0.5) is 17.1 Å². The zero-order valence-corrected chi connectivity index (χ0v) is 24.7. The van der Waals surface area contributed by atoms with Gasteiger partial charge in [-0.25, -0.2) is 4.90 Å². The van der Waals surface area contributed by atoms with E-state index >= 15 is 0 Å². The van der Waals surface area contributed by atoms with Crippen LogP contribution < -0.4 is 24.6 Å². The van der Waals surface area contributed by atoms with Crippen LogP contribution in [0.2, 0.25) is 0 Å². The van der Waals surface area contributed by atoms with Crippen molar-refractivity contribution in [2.24, 2.45) is 5.92 Å². The monoisotopic (exact) mass is 632 g/mol. The molecule has 1 aromatic heterocycles. The van der Waals surface area contributed by atoms with Gasteiger partial charge in [0.1, 0.15) is 5.25 Å². The number of fused-ring (bicyclic) bond motifs is 2. The molecule has 0 radical (unpaired) electrons. The second kappa shape index (κ2) is 12.0. The van der Waals surface area contributed by atoms with Crippen LogP contribution in [0.5, 0.6) is 11.5 Å². The molecule has 3 heterocycles. The Hall–Kier alpha value is -4.95. The van der Waals surface area contributed by atoms with E-state index in [1.807, 2.05) is 6.07 Å². The van der Waals surface area contributed by atoms with Gasteiger partial charge >= 0.3 is 4.87 Å². The van der Waals surface area contributed by atoms with Gasteiger partial charge in [0.25, 0.3) is 11.6 Å². The molecule has 2 aliphatic rings. The molecular formula is C30H24N4O8S2. The number of imide groups is 1. The topological polar surface area (TPSA) is 161 Å². The molecule has 3 amide bonds. The second-order valence-corrected chi connectivity index (χ2v) is 12.0. The number of para-hydroxylation sites is 1. The number of aromatic nitrogens is 1. The molecule has 0 bridgehead atoms. The van der Waals surface area contributed by atoms with Gasteiger partial charge in [0, 0.05) is 28.6 Å². The summed E-state index contributed by atoms with van der Waals surface area (Å²) in [6, 6.07) is 19.2. The molecule has 0 unspecified atom stereocenters. The third-order valence-corrected chi connectivity index (χ3v) is 9.59. The molecule has 6 rings (SSSR count). The van der Waals surface area contributed by atoms with E-state index in [0.29, 0.717) is 32.7 Å². The van der Waals surface area contributed by atoms with Crippen molar-refractivity contribution < 1.29 is 28.8 Å². The zero-order chi connectivity index (χ0) is 31.0. The summed E-state index contributed by atoms with van der Waals surface area (Å²) < 4.78 is 11.6. The number of anilines is 2. The van der Waals surface area contributed by atoms with E-state index in [1.54, 1.807) is 49.4 Å². The molecule has 44 heavy (non-hydrogen) atoms. The summed E-state index contributed by atoms with van der Waals surface area (Å²) in [6.45, 7) is 1.81. The number of nitro groups is 1. The fourth-order valence-corrected chi connectivity index (χ4v) is 7.84. The molecule has 14 heteroatoms. The standard InChI is InChI=1S/C30H24N4O8S2/c1-2-41-21-14-16(8-13-20(21)42-15-22(35)31-17-6-4-3-5-7-17)23-24-26(43-27-25(23)44-30(38)32-27)29(37)33(28(24)36)18-9-11-19(12-10-18)34(39)40/h3-14,23-24,26H,2,15H2,1H3,(H,31,35)(H,32,38)/t23-,24-,26+/m0/s1. The van der Waals surface area contributed by atoms with E-state index in [1.165, 1.54) is 24.3 Å². The molecule has 224 valence electrons. The van der Waals surface area contributed by atoms with Crippen LogP contribution in [-0.4, -0.2) is 46.1 Å². The number of hydrogen-bond donors (Lipinski definition) is 2. The van der Waals surface area contributed by atoms with Gasteiger partial charge in [0.15, 0.2) is 18.1 Å². The maximum atomic E-state index is 13.9. The summed E-state index contributed by atoms with van der Waals surface area (Å²) in [4.78, 5) is 67.2. The maximum absolute atomic E-state index is 13.9. The number of carbonyl (C=O) groups excluding carboxylic acids is 3. The van der Waals surface area contributed by atoms with Gasteiger partial charge in [-0.05, 0) is 48.9 Å². The minimum absolute atomic E-state index is 0.166. The molecule has 0 saturated carbocycles.